The van der Waals surface area contributed by atoms with Crippen molar-refractivity contribution in [2.45, 2.75) is 13.0 Å². The van der Waals surface area contributed by atoms with Gasteiger partial charge in [0.15, 0.2) is 22.7 Å². The number of ether oxygens (including phenoxy) is 2. The van der Waals surface area contributed by atoms with Crippen LogP contribution >= 0.6 is 12.2 Å². The van der Waals surface area contributed by atoms with Crippen molar-refractivity contribution < 1.29 is 33.4 Å². The van der Waals surface area contributed by atoms with Crippen LogP contribution in [-0.4, -0.2) is 41.2 Å². The molecule has 0 aromatic heterocycles. The summed E-state index contributed by atoms with van der Waals surface area (Å²) >= 11 is 5.05. The molecule has 1 saturated heterocycles. The quantitative estimate of drug-likeness (QED) is 0.401. The number of anilines is 1. The van der Waals surface area contributed by atoms with Crippen molar-refractivity contribution in [3.63, 3.8) is 0 Å². The van der Waals surface area contributed by atoms with E-state index in [4.69, 9.17) is 26.8 Å². The summed E-state index contributed by atoms with van der Waals surface area (Å²) in [7, 11) is 1.36. The summed E-state index contributed by atoms with van der Waals surface area (Å²) in [4.78, 5) is 37.3. The van der Waals surface area contributed by atoms with Gasteiger partial charge in [-0.05, 0) is 55.0 Å². The highest BCUT2D eigenvalue weighted by Gasteiger charge is 2.35. The first kappa shape index (κ1) is 21.9. The number of carboxylic acids is 1. The number of nitrogens with one attached hydrogen (secondary N) is 1. The van der Waals surface area contributed by atoms with E-state index in [1.165, 1.54) is 62.6 Å². The molecule has 0 unspecified atom stereocenters. The molecule has 8 nitrogen and oxygen atoms in total. The number of carbonyl (C=O) groups is 3. The van der Waals surface area contributed by atoms with Gasteiger partial charge in [0.25, 0.3) is 11.8 Å². The molecular formula is C21H17FN2O6S. The number of halogens is 1. The maximum Gasteiger partial charge on any atom is 0.344 e. The first-order valence-electron chi connectivity index (χ1n) is 8.96. The fourth-order valence-electron chi connectivity index (χ4n) is 2.79. The average Bonchev–Trinajstić information content (AvgIpc) is 2.73. The second-order valence-corrected chi connectivity index (χ2v) is 6.80. The molecule has 2 amide bonds. The second-order valence-electron chi connectivity index (χ2n) is 6.42. The molecule has 2 aromatic rings. The Morgan fingerprint density at radius 1 is 1.23 bits per heavy atom. The van der Waals surface area contributed by atoms with E-state index in [0.29, 0.717) is 5.56 Å². The zero-order valence-corrected chi connectivity index (χ0v) is 17.2. The maximum absolute atomic E-state index is 14.2. The highest BCUT2D eigenvalue weighted by Crippen LogP contribution is 2.31. The van der Waals surface area contributed by atoms with Gasteiger partial charge in [-0.2, -0.15) is 0 Å². The van der Waals surface area contributed by atoms with Gasteiger partial charge in [-0.25, -0.2) is 14.1 Å². The van der Waals surface area contributed by atoms with Gasteiger partial charge in [0.1, 0.15) is 11.4 Å². The van der Waals surface area contributed by atoms with Crippen molar-refractivity contribution in [2.75, 3.05) is 12.0 Å². The zero-order valence-electron chi connectivity index (χ0n) is 16.4. The number of para-hydroxylation sites is 1. The molecule has 1 aliphatic rings. The number of methoxy groups -OCH3 is 1. The normalized spacial score (nSPS) is 16.2. The number of carbonyl (C=O) groups excluding carboxylic acids is 2. The van der Waals surface area contributed by atoms with Crippen LogP contribution in [0.3, 0.4) is 0 Å². The Morgan fingerprint density at radius 2 is 1.94 bits per heavy atom. The number of benzene rings is 2. The van der Waals surface area contributed by atoms with Gasteiger partial charge in [-0.1, -0.05) is 18.2 Å². The molecule has 1 heterocycles. The van der Waals surface area contributed by atoms with Gasteiger partial charge in [-0.15, -0.1) is 0 Å². The minimum Gasteiger partial charge on any atom is -0.493 e. The summed E-state index contributed by atoms with van der Waals surface area (Å²) in [6, 6.07) is 9.98. The Balaban J connectivity index is 1.97. The highest BCUT2D eigenvalue weighted by molar-refractivity contribution is 7.80. The molecule has 2 aromatic carbocycles. The van der Waals surface area contributed by atoms with E-state index in [-0.39, 0.29) is 27.9 Å². The summed E-state index contributed by atoms with van der Waals surface area (Å²) in [5.74, 6) is -2.98. The third-order valence-electron chi connectivity index (χ3n) is 4.35. The van der Waals surface area contributed by atoms with Crippen LogP contribution in [0.2, 0.25) is 0 Å². The Labute approximate surface area is 181 Å². The van der Waals surface area contributed by atoms with E-state index in [9.17, 15) is 18.8 Å². The molecule has 0 aliphatic carbocycles. The first-order valence-corrected chi connectivity index (χ1v) is 9.37. The Kier molecular flexibility index (Phi) is 6.30. The van der Waals surface area contributed by atoms with Crippen LogP contribution in [-0.2, 0) is 14.4 Å². The topological polar surface area (TPSA) is 105 Å². The predicted octanol–water partition coefficient (Wildman–Crippen LogP) is 2.52. The summed E-state index contributed by atoms with van der Waals surface area (Å²) in [5.41, 5.74) is 0.0332. The first-order chi connectivity index (χ1) is 14.7. The van der Waals surface area contributed by atoms with Gasteiger partial charge in [0.2, 0.25) is 0 Å². The van der Waals surface area contributed by atoms with Crippen molar-refractivity contribution in [2.24, 2.45) is 0 Å². The molecule has 0 radical (unpaired) electrons. The molecule has 10 heteroatoms. The lowest BCUT2D eigenvalue weighted by molar-refractivity contribution is -0.144. The van der Waals surface area contributed by atoms with Crippen LogP contribution in [0.15, 0.2) is 48.0 Å². The molecule has 0 saturated carbocycles. The van der Waals surface area contributed by atoms with Crippen LogP contribution in [0.1, 0.15) is 12.5 Å². The number of hydrogen-bond acceptors (Lipinski definition) is 6. The van der Waals surface area contributed by atoms with Gasteiger partial charge >= 0.3 is 5.97 Å². The maximum atomic E-state index is 14.2. The zero-order chi connectivity index (χ0) is 22.7. The largest absolute Gasteiger partial charge is 0.493 e. The minimum absolute atomic E-state index is 0.0904. The van der Waals surface area contributed by atoms with Crippen LogP contribution in [0, 0.1) is 5.82 Å². The molecule has 1 aliphatic heterocycles. The standard InChI is InChI=1S/C21H17FN2O6S/c1-11(20(27)28)30-16-8-7-12(10-17(16)29-2)9-13-18(25)23-21(31)24(19(13)26)15-6-4-3-5-14(15)22/h3-11H,1-2H3,(H,27,28)(H,23,25,31)/b13-9-/t11-/m0/s1. The van der Waals surface area contributed by atoms with E-state index in [0.717, 1.165) is 4.90 Å². The molecule has 2 N–H and O–H groups in total. The fourth-order valence-corrected chi connectivity index (χ4v) is 3.06. The third-order valence-corrected chi connectivity index (χ3v) is 4.63. The van der Waals surface area contributed by atoms with Gasteiger partial charge in [-0.3, -0.25) is 14.9 Å². The number of rotatable bonds is 6. The van der Waals surface area contributed by atoms with E-state index < -0.39 is 29.7 Å². The van der Waals surface area contributed by atoms with Crippen molar-refractivity contribution >= 4 is 46.9 Å². The van der Waals surface area contributed by atoms with E-state index >= 15 is 0 Å². The molecule has 31 heavy (non-hydrogen) atoms. The second kappa shape index (κ2) is 8.92. The summed E-state index contributed by atoms with van der Waals surface area (Å²) in [6.45, 7) is 1.36. The third kappa shape index (κ3) is 4.53. The summed E-state index contributed by atoms with van der Waals surface area (Å²) < 4.78 is 24.8. The lowest BCUT2D eigenvalue weighted by Gasteiger charge is -2.29. The monoisotopic (exact) mass is 444 g/mol. The predicted molar refractivity (Wildman–Crippen MR) is 113 cm³/mol. The van der Waals surface area contributed by atoms with Crippen molar-refractivity contribution in [1.29, 1.82) is 0 Å². The number of aliphatic carboxylic acids is 1. The molecule has 1 fully saturated rings. The molecule has 160 valence electrons. The lowest BCUT2D eigenvalue weighted by Crippen LogP contribution is -2.54. The van der Waals surface area contributed by atoms with E-state index in [2.05, 4.69) is 5.32 Å². The van der Waals surface area contributed by atoms with Crippen LogP contribution < -0.4 is 19.7 Å². The van der Waals surface area contributed by atoms with Crippen LogP contribution in [0.25, 0.3) is 6.08 Å². The summed E-state index contributed by atoms with van der Waals surface area (Å²) in [6.07, 6.45) is 0.180. The molecular weight excluding hydrogens is 427 g/mol. The number of amides is 2. The van der Waals surface area contributed by atoms with Crippen molar-refractivity contribution in [3.8, 4) is 11.5 Å². The van der Waals surface area contributed by atoms with Crippen molar-refractivity contribution in [1.82, 2.24) is 5.32 Å². The van der Waals surface area contributed by atoms with Crippen LogP contribution in [0.4, 0.5) is 10.1 Å². The van der Waals surface area contributed by atoms with Crippen molar-refractivity contribution in [3.05, 3.63) is 59.4 Å². The summed E-state index contributed by atoms with van der Waals surface area (Å²) in [5, 5.41) is 11.1. The van der Waals surface area contributed by atoms with Gasteiger partial charge in [0.05, 0.1) is 12.8 Å². The Bertz CT molecular complexity index is 1120. The van der Waals surface area contributed by atoms with Gasteiger partial charge < -0.3 is 14.6 Å². The Hall–Kier alpha value is -3.79. The lowest BCUT2D eigenvalue weighted by atomic mass is 10.1. The Morgan fingerprint density at radius 3 is 2.58 bits per heavy atom. The van der Waals surface area contributed by atoms with Crippen LogP contribution in [0.5, 0.6) is 11.5 Å². The van der Waals surface area contributed by atoms with E-state index in [1.54, 1.807) is 0 Å². The molecule has 1 atom stereocenters. The molecule has 0 bridgehead atoms. The smallest absolute Gasteiger partial charge is 0.344 e. The number of thiocarbonyl (C=S) groups is 1. The fraction of sp³-hybridized carbons (Fsp3) is 0.143. The minimum atomic E-state index is -1.15. The van der Waals surface area contributed by atoms with E-state index in [1.807, 2.05) is 0 Å². The molecule has 0 spiro atoms. The molecule has 3 rings (SSSR count). The number of carboxylic acid groups (broad SMARTS) is 1. The SMILES string of the molecule is COc1cc(/C=C2/C(=O)NC(=S)N(c3ccccc3F)C2=O)ccc1O[C@@H](C)C(=O)O. The number of hydrogen-bond donors (Lipinski definition) is 2. The highest BCUT2D eigenvalue weighted by atomic mass is 32.1. The van der Waals surface area contributed by atoms with Gasteiger partial charge in [0, 0.05) is 0 Å². The average molecular weight is 444 g/mol. The number of nitrogens with zero attached hydrogens (tertiary/aromatic N) is 1.